The van der Waals surface area contributed by atoms with Crippen LogP contribution in [0.5, 0.6) is 0 Å². The third-order valence-electron chi connectivity index (χ3n) is 2.67. The van der Waals surface area contributed by atoms with E-state index in [1.165, 1.54) is 13.1 Å². The van der Waals surface area contributed by atoms with Gasteiger partial charge in [0.2, 0.25) is 5.78 Å². The summed E-state index contributed by atoms with van der Waals surface area (Å²) in [5, 5.41) is 8.88. The van der Waals surface area contributed by atoms with Gasteiger partial charge in [0.1, 0.15) is 12.3 Å². The number of nitrogens with zero attached hydrogens (tertiary/aromatic N) is 2. The zero-order valence-corrected chi connectivity index (χ0v) is 11.0. The van der Waals surface area contributed by atoms with Crippen LogP contribution in [0.15, 0.2) is 46.5 Å². The van der Waals surface area contributed by atoms with Crippen LogP contribution >= 0.6 is 0 Å². The summed E-state index contributed by atoms with van der Waals surface area (Å²) in [6, 6.07) is 8.65. The highest BCUT2D eigenvalue weighted by atomic mass is 32.2. The van der Waals surface area contributed by atoms with Gasteiger partial charge in [0, 0.05) is 12.6 Å². The number of rotatable bonds is 3. The molecule has 0 bridgehead atoms. The second-order valence-corrected chi connectivity index (χ2v) is 5.52. The van der Waals surface area contributed by atoms with E-state index in [0.29, 0.717) is 5.56 Å². The molecule has 0 unspecified atom stereocenters. The lowest BCUT2D eigenvalue weighted by Gasteiger charge is -2.22. The maximum absolute atomic E-state index is 11.9. The van der Waals surface area contributed by atoms with Crippen molar-refractivity contribution in [1.82, 2.24) is 4.31 Å². The average molecular weight is 280 g/mol. The molecule has 1 aliphatic heterocycles. The summed E-state index contributed by atoms with van der Waals surface area (Å²) in [7, 11) is -2.72. The van der Waals surface area contributed by atoms with Crippen LogP contribution in [0.4, 0.5) is 0 Å². The molecule has 0 saturated heterocycles. The number of benzene rings is 1. The van der Waals surface area contributed by atoms with Gasteiger partial charge in [-0.25, -0.2) is 0 Å². The number of hydrogen-bond acceptors (Lipinski definition) is 4. The fraction of sp³-hybridized carbons (Fsp3) is 0.167. The van der Waals surface area contributed by atoms with Crippen molar-refractivity contribution in [3.05, 3.63) is 47.7 Å². The Morgan fingerprint density at radius 1 is 1.32 bits per heavy atom. The number of aliphatic hydroxyl groups is 1. The molecule has 0 aliphatic carbocycles. The molecule has 1 aliphatic rings. The second kappa shape index (κ2) is 4.94. The van der Waals surface area contributed by atoms with Crippen LogP contribution in [-0.2, 0) is 15.0 Å². The first-order valence-corrected chi connectivity index (χ1v) is 6.85. The minimum atomic E-state index is -3.94. The fourth-order valence-corrected chi connectivity index (χ4v) is 2.57. The number of allylic oxidation sites excluding steroid dienone is 1. The molecule has 0 saturated carbocycles. The number of aliphatic hydroxyl groups excluding tert-OH is 1. The van der Waals surface area contributed by atoms with E-state index in [9.17, 15) is 13.2 Å². The Bertz CT molecular complexity index is 662. The van der Waals surface area contributed by atoms with Crippen LogP contribution in [-0.4, -0.2) is 43.0 Å². The SMILES string of the molecule is CN1C(C(=O)CO)=CC(c2ccccc2)=NS1(=O)=O. The van der Waals surface area contributed by atoms with Crippen LogP contribution in [0, 0.1) is 0 Å². The predicted octanol–water partition coefficient (Wildman–Crippen LogP) is 0.111. The standard InChI is InChI=1S/C12H12N2O4S/c1-14-11(12(16)8-15)7-10(13-19(14,17)18)9-5-3-2-4-6-9/h2-7,15H,8H2,1H3. The second-order valence-electron chi connectivity index (χ2n) is 3.90. The zero-order valence-electron chi connectivity index (χ0n) is 10.1. The van der Waals surface area contributed by atoms with E-state index in [1.807, 2.05) is 0 Å². The number of Topliss-reactive ketones (excluding diaryl/α,β-unsaturated/α-hetero) is 1. The van der Waals surface area contributed by atoms with Crippen molar-refractivity contribution in [1.29, 1.82) is 0 Å². The molecule has 1 aromatic rings. The lowest BCUT2D eigenvalue weighted by molar-refractivity contribution is -0.119. The molecule has 19 heavy (non-hydrogen) atoms. The Morgan fingerprint density at radius 2 is 1.95 bits per heavy atom. The molecule has 0 radical (unpaired) electrons. The highest BCUT2D eigenvalue weighted by Gasteiger charge is 2.29. The lowest BCUT2D eigenvalue weighted by atomic mass is 10.1. The Labute approximate surface area is 110 Å². The minimum absolute atomic E-state index is 0.101. The predicted molar refractivity (Wildman–Crippen MR) is 69.8 cm³/mol. The van der Waals surface area contributed by atoms with Crippen molar-refractivity contribution >= 4 is 21.7 Å². The van der Waals surface area contributed by atoms with Crippen molar-refractivity contribution < 1.29 is 18.3 Å². The first kappa shape index (κ1) is 13.4. The van der Waals surface area contributed by atoms with E-state index in [4.69, 9.17) is 5.11 Å². The average Bonchev–Trinajstić information content (AvgIpc) is 2.41. The summed E-state index contributed by atoms with van der Waals surface area (Å²) in [6.07, 6.45) is 1.36. The molecule has 1 aromatic carbocycles. The van der Waals surface area contributed by atoms with Gasteiger partial charge in [-0.2, -0.15) is 8.42 Å². The Kier molecular flexibility index (Phi) is 3.50. The van der Waals surface area contributed by atoms with Crippen LogP contribution in [0.2, 0.25) is 0 Å². The number of carbonyl (C=O) groups is 1. The normalized spacial score (nSPS) is 17.7. The minimum Gasteiger partial charge on any atom is -0.388 e. The van der Waals surface area contributed by atoms with E-state index >= 15 is 0 Å². The van der Waals surface area contributed by atoms with E-state index < -0.39 is 22.6 Å². The summed E-state index contributed by atoms with van der Waals surface area (Å²) in [5.74, 6) is -0.672. The van der Waals surface area contributed by atoms with E-state index in [2.05, 4.69) is 4.40 Å². The van der Waals surface area contributed by atoms with Gasteiger partial charge in [0.25, 0.3) is 0 Å². The van der Waals surface area contributed by atoms with Crippen molar-refractivity contribution in [2.45, 2.75) is 0 Å². The number of carbonyl (C=O) groups excluding carboxylic acids is 1. The summed E-state index contributed by atoms with van der Waals surface area (Å²) >= 11 is 0. The van der Waals surface area contributed by atoms with Crippen molar-refractivity contribution in [3.63, 3.8) is 0 Å². The molecule has 100 valence electrons. The number of likely N-dealkylation sites (N-methyl/N-ethyl adjacent to an activating group) is 1. The van der Waals surface area contributed by atoms with Crippen molar-refractivity contribution in [2.75, 3.05) is 13.7 Å². The highest BCUT2D eigenvalue weighted by Crippen LogP contribution is 2.19. The smallest absolute Gasteiger partial charge is 0.345 e. The third-order valence-corrected chi connectivity index (χ3v) is 3.99. The molecule has 0 atom stereocenters. The van der Waals surface area contributed by atoms with Gasteiger partial charge in [0.05, 0.1) is 5.71 Å². The quantitative estimate of drug-likeness (QED) is 0.851. The van der Waals surface area contributed by atoms with Gasteiger partial charge in [-0.1, -0.05) is 30.3 Å². The van der Waals surface area contributed by atoms with Crippen LogP contribution in [0.25, 0.3) is 0 Å². The Balaban J connectivity index is 2.56. The summed E-state index contributed by atoms with van der Waals surface area (Å²) in [5.41, 5.74) is 0.661. The molecule has 6 nitrogen and oxygen atoms in total. The summed E-state index contributed by atoms with van der Waals surface area (Å²) in [6.45, 7) is -0.756. The Morgan fingerprint density at radius 3 is 2.53 bits per heavy atom. The van der Waals surface area contributed by atoms with E-state index in [0.717, 1.165) is 4.31 Å². The van der Waals surface area contributed by atoms with Gasteiger partial charge >= 0.3 is 10.2 Å². The van der Waals surface area contributed by atoms with Gasteiger partial charge in [0.15, 0.2) is 0 Å². The molecular formula is C12H12N2O4S. The molecule has 0 fully saturated rings. The van der Waals surface area contributed by atoms with Crippen molar-refractivity contribution in [2.24, 2.45) is 4.40 Å². The van der Waals surface area contributed by atoms with Crippen LogP contribution in [0.3, 0.4) is 0 Å². The van der Waals surface area contributed by atoms with Crippen LogP contribution in [0.1, 0.15) is 5.56 Å². The highest BCUT2D eigenvalue weighted by molar-refractivity contribution is 7.88. The van der Waals surface area contributed by atoms with Gasteiger partial charge < -0.3 is 5.11 Å². The molecule has 2 rings (SSSR count). The third kappa shape index (κ3) is 2.56. The molecule has 1 heterocycles. The maximum atomic E-state index is 11.9. The molecule has 7 heteroatoms. The molecular weight excluding hydrogens is 268 g/mol. The first-order valence-electron chi connectivity index (χ1n) is 5.45. The number of hydrogen-bond donors (Lipinski definition) is 1. The monoisotopic (exact) mass is 280 g/mol. The van der Waals surface area contributed by atoms with E-state index in [1.54, 1.807) is 30.3 Å². The van der Waals surface area contributed by atoms with Crippen molar-refractivity contribution in [3.8, 4) is 0 Å². The molecule has 1 N–H and O–H groups in total. The van der Waals surface area contributed by atoms with E-state index in [-0.39, 0.29) is 11.4 Å². The molecule has 0 amide bonds. The summed E-state index contributed by atoms with van der Waals surface area (Å²) in [4.78, 5) is 11.6. The maximum Gasteiger partial charge on any atom is 0.345 e. The Hall–Kier alpha value is -1.99. The summed E-state index contributed by atoms with van der Waals surface area (Å²) < 4.78 is 28.1. The van der Waals surface area contributed by atoms with Gasteiger partial charge in [-0.3, -0.25) is 9.10 Å². The first-order chi connectivity index (χ1) is 8.95. The van der Waals surface area contributed by atoms with Gasteiger partial charge in [-0.15, -0.1) is 4.40 Å². The topological polar surface area (TPSA) is 87.0 Å². The lowest BCUT2D eigenvalue weighted by Crippen LogP contribution is -2.34. The van der Waals surface area contributed by atoms with Crippen LogP contribution < -0.4 is 0 Å². The zero-order chi connectivity index (χ0) is 14.0. The molecule has 0 spiro atoms. The van der Waals surface area contributed by atoms with Gasteiger partial charge in [-0.05, 0) is 6.08 Å². The molecule has 0 aromatic heterocycles. The fourth-order valence-electron chi connectivity index (χ4n) is 1.64. The number of ketones is 1. The largest absolute Gasteiger partial charge is 0.388 e.